The summed E-state index contributed by atoms with van der Waals surface area (Å²) in [5.74, 6) is -0.914. The van der Waals surface area contributed by atoms with Crippen LogP contribution in [0.3, 0.4) is 0 Å². The summed E-state index contributed by atoms with van der Waals surface area (Å²) in [6, 6.07) is 9.15. The number of allylic oxidation sites excluding steroid dienone is 3. The minimum atomic E-state index is -0.655. The van der Waals surface area contributed by atoms with Crippen molar-refractivity contribution >= 4 is 23.1 Å². The molecular weight excluding hydrogens is 216 g/mol. The standard InChI is InChI=1S/C13H10N2O2/c14-13(17)11-8-10(16)6-7-12(11)15-9-4-2-1-3-5-9/h1-8H,(H2,14,17). The quantitative estimate of drug-likeness (QED) is 0.772. The predicted octanol–water partition coefficient (Wildman–Crippen LogP) is 1.31. The molecule has 0 aliphatic heterocycles. The smallest absolute Gasteiger partial charge is 0.251 e. The van der Waals surface area contributed by atoms with E-state index in [0.29, 0.717) is 11.4 Å². The molecule has 4 heteroatoms. The molecular formula is C13H10N2O2. The molecule has 0 unspecified atom stereocenters. The van der Waals surface area contributed by atoms with Crippen molar-refractivity contribution in [3.8, 4) is 0 Å². The molecule has 0 saturated carbocycles. The summed E-state index contributed by atoms with van der Waals surface area (Å²) in [6.07, 6.45) is 4.05. The number of amides is 1. The van der Waals surface area contributed by atoms with Gasteiger partial charge in [0, 0.05) is 6.08 Å². The highest BCUT2D eigenvalue weighted by Gasteiger charge is 2.16. The lowest BCUT2D eigenvalue weighted by Gasteiger charge is -2.07. The van der Waals surface area contributed by atoms with Crippen LogP contribution in [0.4, 0.5) is 5.69 Å². The monoisotopic (exact) mass is 226 g/mol. The Labute approximate surface area is 98.2 Å². The van der Waals surface area contributed by atoms with Crippen molar-refractivity contribution in [1.82, 2.24) is 0 Å². The summed E-state index contributed by atoms with van der Waals surface area (Å²) >= 11 is 0. The van der Waals surface area contributed by atoms with Crippen LogP contribution in [0.25, 0.3) is 0 Å². The van der Waals surface area contributed by atoms with Crippen molar-refractivity contribution in [3.63, 3.8) is 0 Å². The molecule has 17 heavy (non-hydrogen) atoms. The second kappa shape index (κ2) is 4.57. The molecule has 0 atom stereocenters. The Balaban J connectivity index is 2.41. The van der Waals surface area contributed by atoms with Crippen molar-refractivity contribution in [2.45, 2.75) is 0 Å². The minimum Gasteiger partial charge on any atom is -0.366 e. The number of carbonyl (C=O) groups is 2. The van der Waals surface area contributed by atoms with Crippen molar-refractivity contribution in [1.29, 1.82) is 0 Å². The average Bonchev–Trinajstić information content (AvgIpc) is 2.32. The molecule has 2 rings (SSSR count). The fourth-order valence-corrected chi connectivity index (χ4v) is 1.45. The number of nitrogens with zero attached hydrogens (tertiary/aromatic N) is 1. The molecule has 4 nitrogen and oxygen atoms in total. The number of hydrogen-bond acceptors (Lipinski definition) is 3. The third-order valence-corrected chi connectivity index (χ3v) is 2.24. The number of rotatable bonds is 2. The molecule has 1 amide bonds. The van der Waals surface area contributed by atoms with E-state index in [0.717, 1.165) is 0 Å². The summed E-state index contributed by atoms with van der Waals surface area (Å²) in [7, 11) is 0. The third kappa shape index (κ3) is 2.55. The van der Waals surface area contributed by atoms with Gasteiger partial charge in [0.2, 0.25) is 0 Å². The first-order chi connectivity index (χ1) is 8.16. The molecule has 0 radical (unpaired) electrons. The van der Waals surface area contributed by atoms with Gasteiger partial charge in [0.25, 0.3) is 5.91 Å². The topological polar surface area (TPSA) is 72.5 Å². The van der Waals surface area contributed by atoms with Gasteiger partial charge in [-0.15, -0.1) is 0 Å². The summed E-state index contributed by atoms with van der Waals surface area (Å²) in [4.78, 5) is 26.6. The van der Waals surface area contributed by atoms with Gasteiger partial charge in [0.05, 0.1) is 17.0 Å². The molecule has 0 saturated heterocycles. The van der Waals surface area contributed by atoms with Gasteiger partial charge in [-0.25, -0.2) is 4.99 Å². The highest BCUT2D eigenvalue weighted by Crippen LogP contribution is 2.15. The number of hydrogen-bond donors (Lipinski definition) is 1. The number of primary amides is 1. The van der Waals surface area contributed by atoms with Gasteiger partial charge < -0.3 is 5.73 Å². The molecule has 0 heterocycles. The SMILES string of the molecule is NC(=O)C1=CC(=O)C=CC1=Nc1ccccc1. The molecule has 1 aliphatic carbocycles. The van der Waals surface area contributed by atoms with Gasteiger partial charge in [-0.2, -0.15) is 0 Å². The first-order valence-corrected chi connectivity index (χ1v) is 5.04. The van der Waals surface area contributed by atoms with E-state index in [2.05, 4.69) is 4.99 Å². The predicted molar refractivity (Wildman–Crippen MR) is 65.0 cm³/mol. The maximum atomic E-state index is 11.2. The van der Waals surface area contributed by atoms with Crippen LogP contribution in [0.15, 0.2) is 59.1 Å². The normalized spacial score (nSPS) is 17.1. The maximum Gasteiger partial charge on any atom is 0.251 e. The number of para-hydroxylation sites is 1. The Kier molecular flexibility index (Phi) is 2.96. The van der Waals surface area contributed by atoms with E-state index < -0.39 is 5.91 Å². The molecule has 0 aromatic heterocycles. The minimum absolute atomic E-state index is 0.140. The molecule has 84 valence electrons. The fourth-order valence-electron chi connectivity index (χ4n) is 1.45. The van der Waals surface area contributed by atoms with Crippen molar-refractivity contribution in [3.05, 3.63) is 54.1 Å². The van der Waals surface area contributed by atoms with Crippen molar-refractivity contribution < 1.29 is 9.59 Å². The maximum absolute atomic E-state index is 11.2. The first kappa shape index (κ1) is 11.0. The highest BCUT2D eigenvalue weighted by atomic mass is 16.1. The van der Waals surface area contributed by atoms with Gasteiger partial charge in [0.1, 0.15) is 0 Å². The van der Waals surface area contributed by atoms with E-state index in [1.165, 1.54) is 18.2 Å². The summed E-state index contributed by atoms with van der Waals surface area (Å²) in [6.45, 7) is 0. The van der Waals surface area contributed by atoms with Crippen LogP contribution in [0.2, 0.25) is 0 Å². The molecule has 1 aromatic rings. The molecule has 0 bridgehead atoms. The van der Waals surface area contributed by atoms with E-state index >= 15 is 0 Å². The lowest BCUT2D eigenvalue weighted by molar-refractivity contribution is -0.115. The van der Waals surface area contributed by atoms with E-state index in [1.54, 1.807) is 12.1 Å². The van der Waals surface area contributed by atoms with Crippen molar-refractivity contribution in [2.24, 2.45) is 10.7 Å². The zero-order chi connectivity index (χ0) is 12.3. The van der Waals surface area contributed by atoms with E-state index in [1.807, 2.05) is 18.2 Å². The molecule has 0 fully saturated rings. The van der Waals surface area contributed by atoms with Crippen LogP contribution in [-0.4, -0.2) is 17.4 Å². The van der Waals surface area contributed by atoms with E-state index in [9.17, 15) is 9.59 Å². The van der Waals surface area contributed by atoms with Gasteiger partial charge in [-0.3, -0.25) is 9.59 Å². The Hall–Kier alpha value is -2.49. The van der Waals surface area contributed by atoms with Crippen LogP contribution < -0.4 is 5.73 Å². The zero-order valence-corrected chi connectivity index (χ0v) is 8.96. The average molecular weight is 226 g/mol. The van der Waals surface area contributed by atoms with Gasteiger partial charge in [0.15, 0.2) is 5.78 Å². The number of benzene rings is 1. The second-order valence-electron chi connectivity index (χ2n) is 3.49. The summed E-state index contributed by atoms with van der Waals surface area (Å²) in [5.41, 5.74) is 6.45. The van der Waals surface area contributed by atoms with Gasteiger partial charge >= 0.3 is 0 Å². The number of nitrogens with two attached hydrogens (primary N) is 1. The van der Waals surface area contributed by atoms with Crippen LogP contribution in [0, 0.1) is 0 Å². The second-order valence-corrected chi connectivity index (χ2v) is 3.49. The number of aliphatic imine (C=N–C) groups is 1. The lowest BCUT2D eigenvalue weighted by atomic mass is 10.0. The lowest BCUT2D eigenvalue weighted by Crippen LogP contribution is -2.22. The van der Waals surface area contributed by atoms with Crippen LogP contribution >= 0.6 is 0 Å². The van der Waals surface area contributed by atoms with E-state index in [4.69, 9.17) is 5.73 Å². The Morgan fingerprint density at radius 1 is 1.12 bits per heavy atom. The molecule has 1 aromatic carbocycles. The van der Waals surface area contributed by atoms with Gasteiger partial charge in [-0.1, -0.05) is 18.2 Å². The van der Waals surface area contributed by atoms with Crippen LogP contribution in [0.5, 0.6) is 0 Å². The highest BCUT2D eigenvalue weighted by molar-refractivity contribution is 6.32. The summed E-state index contributed by atoms with van der Waals surface area (Å²) < 4.78 is 0. The van der Waals surface area contributed by atoms with E-state index in [-0.39, 0.29) is 11.4 Å². The Morgan fingerprint density at radius 2 is 1.82 bits per heavy atom. The molecule has 2 N–H and O–H groups in total. The Morgan fingerprint density at radius 3 is 2.47 bits per heavy atom. The number of ketones is 1. The largest absolute Gasteiger partial charge is 0.366 e. The summed E-state index contributed by atoms with van der Waals surface area (Å²) in [5, 5.41) is 0. The Bertz CT molecular complexity index is 554. The van der Waals surface area contributed by atoms with Crippen LogP contribution in [0.1, 0.15) is 0 Å². The zero-order valence-electron chi connectivity index (χ0n) is 8.96. The number of carbonyl (C=O) groups excluding carboxylic acids is 2. The third-order valence-electron chi connectivity index (χ3n) is 2.24. The van der Waals surface area contributed by atoms with Crippen molar-refractivity contribution in [2.75, 3.05) is 0 Å². The van der Waals surface area contributed by atoms with Gasteiger partial charge in [-0.05, 0) is 24.3 Å². The van der Waals surface area contributed by atoms with Crippen LogP contribution in [-0.2, 0) is 9.59 Å². The molecule has 1 aliphatic rings. The first-order valence-electron chi connectivity index (χ1n) is 5.04. The molecule has 0 spiro atoms. The fraction of sp³-hybridized carbons (Fsp3) is 0.